The molecule has 1 N–H and O–H groups in total. The van der Waals surface area contributed by atoms with Crippen LogP contribution < -0.4 is 10.1 Å². The number of nitrogens with one attached hydrogen (secondary N) is 1. The Morgan fingerprint density at radius 3 is 2.71 bits per heavy atom. The van der Waals surface area contributed by atoms with Crippen molar-refractivity contribution in [1.29, 1.82) is 0 Å². The lowest BCUT2D eigenvalue weighted by atomic mass is 10.1. The lowest BCUT2D eigenvalue weighted by Gasteiger charge is -2.25. The van der Waals surface area contributed by atoms with E-state index in [1.807, 2.05) is 56.3 Å². The second-order valence-electron chi connectivity index (χ2n) is 8.02. The number of methoxy groups -OCH3 is 1. The molecule has 1 saturated heterocycles. The van der Waals surface area contributed by atoms with Crippen LogP contribution in [0.15, 0.2) is 42.5 Å². The van der Waals surface area contributed by atoms with Crippen molar-refractivity contribution in [1.82, 2.24) is 4.90 Å². The smallest absolute Gasteiger partial charge is 0.244 e. The molecule has 0 aliphatic carbocycles. The van der Waals surface area contributed by atoms with Crippen molar-refractivity contribution in [2.45, 2.75) is 45.6 Å². The summed E-state index contributed by atoms with van der Waals surface area (Å²) in [5.74, 6) is 0.517. The molecule has 6 heteroatoms. The first-order chi connectivity index (χ1) is 15.0. The van der Waals surface area contributed by atoms with E-state index in [9.17, 15) is 9.59 Å². The summed E-state index contributed by atoms with van der Waals surface area (Å²) < 4.78 is 11.1. The van der Waals surface area contributed by atoms with E-state index in [1.165, 1.54) is 0 Å². The highest BCUT2D eigenvalue weighted by atomic mass is 16.5. The van der Waals surface area contributed by atoms with Crippen molar-refractivity contribution in [2.24, 2.45) is 0 Å². The minimum Gasteiger partial charge on any atom is -0.496 e. The molecule has 0 bridgehead atoms. The highest BCUT2D eigenvalue weighted by Gasteiger charge is 2.24. The number of carbonyl (C=O) groups is 2. The van der Waals surface area contributed by atoms with Gasteiger partial charge in [-0.15, -0.1) is 0 Å². The average Bonchev–Trinajstić information content (AvgIpc) is 3.28. The predicted molar refractivity (Wildman–Crippen MR) is 121 cm³/mol. The van der Waals surface area contributed by atoms with Crippen LogP contribution in [0.3, 0.4) is 0 Å². The minimum atomic E-state index is -0.197. The van der Waals surface area contributed by atoms with Gasteiger partial charge in [-0.25, -0.2) is 0 Å². The normalized spacial score (nSPS) is 15.5. The van der Waals surface area contributed by atoms with Gasteiger partial charge in [-0.05, 0) is 61.9 Å². The van der Waals surface area contributed by atoms with Gasteiger partial charge in [0.2, 0.25) is 11.8 Å². The van der Waals surface area contributed by atoms with Crippen LogP contribution in [0, 0.1) is 13.8 Å². The largest absolute Gasteiger partial charge is 0.496 e. The number of rotatable bonds is 9. The summed E-state index contributed by atoms with van der Waals surface area (Å²) in [5.41, 5.74) is 3.91. The number of anilines is 1. The highest BCUT2D eigenvalue weighted by molar-refractivity contribution is 5.95. The SMILES string of the molecule is COc1ccccc1CCC(=O)N(CC(=O)Nc1cccc(C)c1C)CC1CCCO1. The molecule has 1 aliphatic heterocycles. The number of benzene rings is 2. The molecule has 1 heterocycles. The Balaban J connectivity index is 1.65. The molecular weight excluding hydrogens is 392 g/mol. The van der Waals surface area contributed by atoms with E-state index in [4.69, 9.17) is 9.47 Å². The van der Waals surface area contributed by atoms with Gasteiger partial charge in [0.1, 0.15) is 5.75 Å². The van der Waals surface area contributed by atoms with Gasteiger partial charge >= 0.3 is 0 Å². The Morgan fingerprint density at radius 1 is 1.16 bits per heavy atom. The fourth-order valence-corrected chi connectivity index (χ4v) is 3.85. The first kappa shape index (κ1) is 22.8. The summed E-state index contributed by atoms with van der Waals surface area (Å²) in [7, 11) is 1.63. The van der Waals surface area contributed by atoms with Crippen LogP contribution in [0.2, 0.25) is 0 Å². The van der Waals surface area contributed by atoms with E-state index in [1.54, 1.807) is 12.0 Å². The molecule has 1 aliphatic rings. The molecule has 2 aromatic rings. The molecule has 31 heavy (non-hydrogen) atoms. The molecule has 166 valence electrons. The standard InChI is InChI=1S/C25H32N2O4/c1-18-8-6-11-22(19(18)2)26-24(28)17-27(16-21-10-7-15-31-21)25(29)14-13-20-9-4-5-12-23(20)30-3/h4-6,8-9,11-12,21H,7,10,13-17H2,1-3H3,(H,26,28). The molecule has 0 spiro atoms. The first-order valence-electron chi connectivity index (χ1n) is 10.8. The van der Waals surface area contributed by atoms with Gasteiger partial charge in [-0.2, -0.15) is 0 Å². The summed E-state index contributed by atoms with van der Waals surface area (Å²) in [5, 5.41) is 2.96. The zero-order valence-electron chi connectivity index (χ0n) is 18.6. The molecule has 2 amide bonds. The van der Waals surface area contributed by atoms with E-state index in [0.717, 1.165) is 41.0 Å². The van der Waals surface area contributed by atoms with Crippen LogP contribution in [0.1, 0.15) is 36.0 Å². The van der Waals surface area contributed by atoms with Crippen molar-refractivity contribution in [3.8, 4) is 5.75 Å². The molecule has 3 rings (SSSR count). The van der Waals surface area contributed by atoms with Crippen molar-refractivity contribution in [3.05, 3.63) is 59.2 Å². The molecule has 1 fully saturated rings. The fourth-order valence-electron chi connectivity index (χ4n) is 3.85. The van der Waals surface area contributed by atoms with E-state index < -0.39 is 0 Å². The number of amides is 2. The maximum absolute atomic E-state index is 13.1. The van der Waals surface area contributed by atoms with Gasteiger partial charge in [0, 0.05) is 25.3 Å². The Kier molecular flexibility index (Phi) is 8.06. The number of para-hydroxylation sites is 1. The number of ether oxygens (including phenoxy) is 2. The lowest BCUT2D eigenvalue weighted by Crippen LogP contribution is -2.42. The van der Waals surface area contributed by atoms with Gasteiger partial charge < -0.3 is 19.7 Å². The molecule has 6 nitrogen and oxygen atoms in total. The number of aryl methyl sites for hydroxylation is 2. The summed E-state index contributed by atoms with van der Waals surface area (Å²) >= 11 is 0. The van der Waals surface area contributed by atoms with Gasteiger partial charge in [0.05, 0.1) is 19.8 Å². The predicted octanol–water partition coefficient (Wildman–Crippen LogP) is 3.89. The van der Waals surface area contributed by atoms with Crippen molar-refractivity contribution in [3.63, 3.8) is 0 Å². The molecule has 0 saturated carbocycles. The van der Waals surface area contributed by atoms with Gasteiger partial charge in [0.15, 0.2) is 0 Å². The number of hydrogen-bond donors (Lipinski definition) is 1. The van der Waals surface area contributed by atoms with Gasteiger partial charge in [-0.1, -0.05) is 30.3 Å². The Labute approximate surface area is 184 Å². The molecule has 1 atom stereocenters. The van der Waals surface area contributed by atoms with Gasteiger partial charge in [-0.3, -0.25) is 9.59 Å². The van der Waals surface area contributed by atoms with Crippen LogP contribution in [-0.4, -0.2) is 49.6 Å². The molecule has 1 unspecified atom stereocenters. The fraction of sp³-hybridized carbons (Fsp3) is 0.440. The van der Waals surface area contributed by atoms with Crippen LogP contribution in [-0.2, 0) is 20.7 Å². The molecule has 0 aromatic heterocycles. The van der Waals surface area contributed by atoms with Crippen LogP contribution in [0.4, 0.5) is 5.69 Å². The number of nitrogens with zero attached hydrogens (tertiary/aromatic N) is 1. The van der Waals surface area contributed by atoms with Crippen molar-refractivity contribution < 1.29 is 19.1 Å². The summed E-state index contributed by atoms with van der Waals surface area (Å²) in [4.78, 5) is 27.5. The van der Waals surface area contributed by atoms with Gasteiger partial charge in [0.25, 0.3) is 0 Å². The molecule has 0 radical (unpaired) electrons. The van der Waals surface area contributed by atoms with E-state index in [0.29, 0.717) is 26.0 Å². The first-order valence-corrected chi connectivity index (χ1v) is 10.8. The quantitative estimate of drug-likeness (QED) is 0.663. The molecule has 2 aromatic carbocycles. The van der Waals surface area contributed by atoms with E-state index in [-0.39, 0.29) is 24.5 Å². The maximum Gasteiger partial charge on any atom is 0.244 e. The maximum atomic E-state index is 13.1. The third-order valence-electron chi connectivity index (χ3n) is 5.81. The Hall–Kier alpha value is -2.86. The summed E-state index contributed by atoms with van der Waals surface area (Å²) in [6.45, 7) is 5.15. The van der Waals surface area contributed by atoms with Crippen LogP contribution >= 0.6 is 0 Å². The summed E-state index contributed by atoms with van der Waals surface area (Å²) in [6.07, 6.45) is 2.76. The van der Waals surface area contributed by atoms with E-state index in [2.05, 4.69) is 5.32 Å². The third kappa shape index (κ3) is 6.31. The zero-order chi connectivity index (χ0) is 22.2. The monoisotopic (exact) mass is 424 g/mol. The molecular formula is C25H32N2O4. The minimum absolute atomic E-state index is 0.0104. The number of hydrogen-bond acceptors (Lipinski definition) is 4. The Bertz CT molecular complexity index is 906. The Morgan fingerprint density at radius 2 is 1.97 bits per heavy atom. The van der Waals surface area contributed by atoms with E-state index >= 15 is 0 Å². The highest BCUT2D eigenvalue weighted by Crippen LogP contribution is 2.21. The third-order valence-corrected chi connectivity index (χ3v) is 5.81. The average molecular weight is 425 g/mol. The summed E-state index contributed by atoms with van der Waals surface area (Å²) in [6, 6.07) is 13.5. The van der Waals surface area contributed by atoms with Crippen molar-refractivity contribution in [2.75, 3.05) is 32.1 Å². The second-order valence-corrected chi connectivity index (χ2v) is 8.02. The van der Waals surface area contributed by atoms with Crippen molar-refractivity contribution >= 4 is 17.5 Å². The number of carbonyl (C=O) groups excluding carboxylic acids is 2. The van der Waals surface area contributed by atoms with Crippen LogP contribution in [0.5, 0.6) is 5.75 Å². The topological polar surface area (TPSA) is 67.9 Å². The lowest BCUT2D eigenvalue weighted by molar-refractivity contribution is -0.136. The van der Waals surface area contributed by atoms with Crippen LogP contribution in [0.25, 0.3) is 0 Å². The second kappa shape index (κ2) is 11.0. The zero-order valence-corrected chi connectivity index (χ0v) is 18.6.